The fraction of sp³-hybridized carbons (Fsp3) is 0.409. The summed E-state index contributed by atoms with van der Waals surface area (Å²) in [5, 5.41) is 11.3. The Kier molecular flexibility index (Phi) is 4.45. The molecule has 2 unspecified atom stereocenters. The zero-order valence-electron chi connectivity index (χ0n) is 15.1. The maximum atomic E-state index is 12.7. The van der Waals surface area contributed by atoms with Gasteiger partial charge in [-0.1, -0.05) is 60.2 Å². The number of carbonyl (C=O) groups excluding carboxylic acids is 1. The zero-order valence-corrected chi connectivity index (χ0v) is 15.1. The summed E-state index contributed by atoms with van der Waals surface area (Å²) < 4.78 is 5.55. The Morgan fingerprint density at radius 3 is 2.46 bits per heavy atom. The minimum atomic E-state index is -0.853. The van der Waals surface area contributed by atoms with E-state index in [0.29, 0.717) is 12.8 Å². The molecule has 2 aromatic rings. The van der Waals surface area contributed by atoms with Gasteiger partial charge in [0.05, 0.1) is 5.60 Å². The van der Waals surface area contributed by atoms with E-state index in [1.807, 2.05) is 60.4 Å². The maximum absolute atomic E-state index is 12.7. The summed E-state index contributed by atoms with van der Waals surface area (Å²) in [6.45, 7) is 2.33. The van der Waals surface area contributed by atoms with Crippen molar-refractivity contribution in [3.63, 3.8) is 0 Å². The van der Waals surface area contributed by atoms with Crippen molar-refractivity contribution in [2.45, 2.75) is 56.9 Å². The first-order chi connectivity index (χ1) is 12.5. The number of hydrogen-bond donors (Lipinski definition) is 1. The fourth-order valence-electron chi connectivity index (χ4n) is 4.49. The Morgan fingerprint density at radius 2 is 1.81 bits per heavy atom. The van der Waals surface area contributed by atoms with E-state index in [2.05, 4.69) is 6.07 Å². The number of benzene rings is 2. The molecule has 2 heterocycles. The second kappa shape index (κ2) is 6.76. The highest BCUT2D eigenvalue weighted by molar-refractivity contribution is 5.69. The van der Waals surface area contributed by atoms with Gasteiger partial charge < -0.3 is 14.7 Å². The van der Waals surface area contributed by atoms with Gasteiger partial charge in [0.1, 0.15) is 6.61 Å². The number of aryl methyl sites for hydroxylation is 1. The Labute approximate surface area is 154 Å². The summed E-state index contributed by atoms with van der Waals surface area (Å²) in [4.78, 5) is 14.5. The summed E-state index contributed by atoms with van der Waals surface area (Å²) in [6, 6.07) is 17.9. The molecule has 2 aromatic carbocycles. The number of fused-ring (bicyclic) bond motifs is 2. The van der Waals surface area contributed by atoms with E-state index in [1.165, 1.54) is 0 Å². The molecule has 26 heavy (non-hydrogen) atoms. The van der Waals surface area contributed by atoms with Gasteiger partial charge in [0.15, 0.2) is 0 Å². The van der Waals surface area contributed by atoms with Crippen LogP contribution in [0.4, 0.5) is 4.79 Å². The van der Waals surface area contributed by atoms with Gasteiger partial charge in [0, 0.05) is 24.9 Å². The average molecular weight is 351 g/mol. The number of hydrogen-bond acceptors (Lipinski definition) is 3. The lowest BCUT2D eigenvalue weighted by atomic mass is 9.80. The van der Waals surface area contributed by atoms with E-state index in [9.17, 15) is 9.90 Å². The van der Waals surface area contributed by atoms with Crippen LogP contribution in [0.2, 0.25) is 0 Å². The predicted octanol–water partition coefficient (Wildman–Crippen LogP) is 4.15. The molecule has 4 rings (SSSR count). The molecular weight excluding hydrogens is 326 g/mol. The summed E-state index contributed by atoms with van der Waals surface area (Å²) >= 11 is 0. The standard InChI is InChI=1S/C22H25NO3/c1-16-6-5-9-18(12-16)22(25)13-19-10-11-20(14-22)23(19)21(24)26-15-17-7-3-2-4-8-17/h2-9,12,19-20,25H,10-11,13-15H2,1H3. The molecule has 4 heteroatoms. The summed E-state index contributed by atoms with van der Waals surface area (Å²) in [7, 11) is 0. The van der Waals surface area contributed by atoms with Gasteiger partial charge in [0.2, 0.25) is 0 Å². The van der Waals surface area contributed by atoms with Crippen molar-refractivity contribution in [1.82, 2.24) is 4.90 Å². The Balaban J connectivity index is 1.46. The Morgan fingerprint density at radius 1 is 1.12 bits per heavy atom. The van der Waals surface area contributed by atoms with Crippen LogP contribution >= 0.6 is 0 Å². The van der Waals surface area contributed by atoms with Crippen LogP contribution in [-0.2, 0) is 16.9 Å². The van der Waals surface area contributed by atoms with E-state index in [1.54, 1.807) is 0 Å². The van der Waals surface area contributed by atoms with Crippen LogP contribution in [0.15, 0.2) is 54.6 Å². The van der Waals surface area contributed by atoms with Crippen molar-refractivity contribution in [2.24, 2.45) is 0 Å². The highest BCUT2D eigenvalue weighted by Gasteiger charge is 2.50. The SMILES string of the molecule is Cc1cccc(C2(O)CC3CCC(C2)N3C(=O)OCc2ccccc2)c1. The van der Waals surface area contributed by atoms with Crippen LogP contribution < -0.4 is 0 Å². The molecule has 0 radical (unpaired) electrons. The van der Waals surface area contributed by atoms with Gasteiger partial charge in [-0.2, -0.15) is 0 Å². The first-order valence-corrected chi connectivity index (χ1v) is 9.34. The monoisotopic (exact) mass is 351 g/mol. The maximum Gasteiger partial charge on any atom is 0.410 e. The smallest absolute Gasteiger partial charge is 0.410 e. The Hall–Kier alpha value is -2.33. The topological polar surface area (TPSA) is 49.8 Å². The molecule has 1 N–H and O–H groups in total. The quantitative estimate of drug-likeness (QED) is 0.904. The van der Waals surface area contributed by atoms with Crippen LogP contribution in [0.25, 0.3) is 0 Å². The van der Waals surface area contributed by atoms with Crippen LogP contribution in [0.3, 0.4) is 0 Å². The molecule has 2 bridgehead atoms. The van der Waals surface area contributed by atoms with E-state index < -0.39 is 5.60 Å². The van der Waals surface area contributed by atoms with Gasteiger partial charge in [-0.3, -0.25) is 0 Å². The fourth-order valence-corrected chi connectivity index (χ4v) is 4.49. The molecule has 2 aliphatic heterocycles. The molecule has 2 atom stereocenters. The summed E-state index contributed by atoms with van der Waals surface area (Å²) in [6.07, 6.45) is 2.76. The third kappa shape index (κ3) is 3.21. The van der Waals surface area contributed by atoms with E-state index in [-0.39, 0.29) is 24.8 Å². The molecule has 4 nitrogen and oxygen atoms in total. The minimum absolute atomic E-state index is 0.0440. The van der Waals surface area contributed by atoms with Gasteiger partial charge in [-0.15, -0.1) is 0 Å². The largest absolute Gasteiger partial charge is 0.445 e. The number of carbonyl (C=O) groups is 1. The number of aliphatic hydroxyl groups is 1. The lowest BCUT2D eigenvalue weighted by Gasteiger charge is -2.43. The highest BCUT2D eigenvalue weighted by atomic mass is 16.6. The number of piperidine rings is 1. The Bertz CT molecular complexity index is 775. The van der Waals surface area contributed by atoms with Crippen molar-refractivity contribution in [3.05, 3.63) is 71.3 Å². The number of rotatable bonds is 3. The van der Waals surface area contributed by atoms with Crippen LogP contribution in [-0.4, -0.2) is 28.2 Å². The van der Waals surface area contributed by atoms with Gasteiger partial charge in [-0.05, 0) is 30.9 Å². The summed E-state index contributed by atoms with van der Waals surface area (Å²) in [5.41, 5.74) is 2.25. The van der Waals surface area contributed by atoms with Crippen molar-refractivity contribution in [1.29, 1.82) is 0 Å². The average Bonchev–Trinajstić information content (AvgIpc) is 2.93. The second-order valence-corrected chi connectivity index (χ2v) is 7.64. The lowest BCUT2D eigenvalue weighted by Crippen LogP contribution is -2.52. The predicted molar refractivity (Wildman–Crippen MR) is 99.6 cm³/mol. The molecule has 0 saturated carbocycles. The van der Waals surface area contributed by atoms with Crippen molar-refractivity contribution in [3.8, 4) is 0 Å². The first kappa shape index (κ1) is 17.1. The van der Waals surface area contributed by atoms with Crippen LogP contribution in [0, 0.1) is 6.92 Å². The van der Waals surface area contributed by atoms with E-state index in [0.717, 1.165) is 29.5 Å². The number of nitrogens with zero attached hydrogens (tertiary/aromatic N) is 1. The normalized spacial score (nSPS) is 27.4. The number of amides is 1. The van der Waals surface area contributed by atoms with Gasteiger partial charge >= 0.3 is 6.09 Å². The molecule has 0 aromatic heterocycles. The minimum Gasteiger partial charge on any atom is -0.445 e. The third-order valence-corrected chi connectivity index (χ3v) is 5.74. The molecule has 0 spiro atoms. The molecular formula is C22H25NO3. The molecule has 0 aliphatic carbocycles. The van der Waals surface area contributed by atoms with Crippen LogP contribution in [0.5, 0.6) is 0 Å². The number of ether oxygens (including phenoxy) is 1. The van der Waals surface area contributed by atoms with Crippen molar-refractivity contribution in [2.75, 3.05) is 0 Å². The van der Waals surface area contributed by atoms with Crippen LogP contribution in [0.1, 0.15) is 42.4 Å². The van der Waals surface area contributed by atoms with E-state index in [4.69, 9.17) is 4.74 Å². The lowest BCUT2D eigenvalue weighted by molar-refractivity contribution is -0.0537. The second-order valence-electron chi connectivity index (χ2n) is 7.64. The molecule has 2 aliphatic rings. The molecule has 2 saturated heterocycles. The van der Waals surface area contributed by atoms with Crippen molar-refractivity contribution >= 4 is 6.09 Å². The summed E-state index contributed by atoms with van der Waals surface area (Å²) in [5.74, 6) is 0. The first-order valence-electron chi connectivity index (χ1n) is 9.34. The molecule has 1 amide bonds. The van der Waals surface area contributed by atoms with Crippen molar-refractivity contribution < 1.29 is 14.6 Å². The third-order valence-electron chi connectivity index (χ3n) is 5.74. The highest BCUT2D eigenvalue weighted by Crippen LogP contribution is 2.46. The van der Waals surface area contributed by atoms with E-state index >= 15 is 0 Å². The van der Waals surface area contributed by atoms with Gasteiger partial charge in [-0.25, -0.2) is 4.79 Å². The molecule has 136 valence electrons. The molecule has 2 fully saturated rings. The van der Waals surface area contributed by atoms with Gasteiger partial charge in [0.25, 0.3) is 0 Å². The zero-order chi connectivity index (χ0) is 18.1.